The zero-order valence-electron chi connectivity index (χ0n) is 13.8. The van der Waals surface area contributed by atoms with Gasteiger partial charge >= 0.3 is 11.9 Å². The maximum Gasteiger partial charge on any atom is 0.333 e. The third-order valence-electron chi connectivity index (χ3n) is 2.97. The molecule has 6 heteroatoms. The predicted octanol–water partition coefficient (Wildman–Crippen LogP) is 2.04. The molecule has 0 saturated carbocycles. The summed E-state index contributed by atoms with van der Waals surface area (Å²) in [6.45, 7) is 10.5. The van der Waals surface area contributed by atoms with E-state index in [1.54, 1.807) is 28.1 Å². The Labute approximate surface area is 132 Å². The van der Waals surface area contributed by atoms with Crippen LogP contribution in [0.25, 0.3) is 0 Å². The van der Waals surface area contributed by atoms with Gasteiger partial charge in [0.25, 0.3) is 0 Å². The molecule has 0 aliphatic carbocycles. The van der Waals surface area contributed by atoms with Crippen LogP contribution in [0, 0.1) is 0 Å². The number of esters is 2. The number of rotatable bonds is 11. The summed E-state index contributed by atoms with van der Waals surface area (Å²) in [7, 11) is 3.09. The fourth-order valence-electron chi connectivity index (χ4n) is 1.49. The molecule has 0 aromatic rings. The van der Waals surface area contributed by atoms with E-state index in [-0.39, 0.29) is 25.4 Å². The zero-order chi connectivity index (χ0) is 17.1. The lowest BCUT2D eigenvalue weighted by Gasteiger charge is -2.19. The van der Waals surface area contributed by atoms with Crippen LogP contribution in [-0.2, 0) is 28.5 Å². The highest BCUT2D eigenvalue weighted by Crippen LogP contribution is 2.10. The molecule has 0 amide bonds. The third kappa shape index (κ3) is 8.59. The van der Waals surface area contributed by atoms with Crippen molar-refractivity contribution in [3.05, 3.63) is 24.3 Å². The summed E-state index contributed by atoms with van der Waals surface area (Å²) in [5.74, 6) is -0.888. The minimum atomic E-state index is -0.444. The van der Waals surface area contributed by atoms with Gasteiger partial charge in [-0.05, 0) is 26.7 Å². The second-order valence-corrected chi connectivity index (χ2v) is 5.05. The minimum absolute atomic E-state index is 0.143. The van der Waals surface area contributed by atoms with E-state index in [0.29, 0.717) is 24.0 Å². The standard InChI is InChI=1S/C16H26O6/c1-11(2)15(17)21-9-13(19-5)7-8-14(20-6)10-22-16(18)12(3)4/h13-14H,1,3,7-10H2,2,4-6H3. The van der Waals surface area contributed by atoms with Crippen LogP contribution in [0.2, 0.25) is 0 Å². The first-order valence-electron chi connectivity index (χ1n) is 7.02. The van der Waals surface area contributed by atoms with Gasteiger partial charge in [0.1, 0.15) is 13.2 Å². The first-order valence-corrected chi connectivity index (χ1v) is 7.02. The molecule has 6 nitrogen and oxygen atoms in total. The molecule has 0 bridgehead atoms. The molecule has 0 aliphatic rings. The van der Waals surface area contributed by atoms with Gasteiger partial charge in [0.05, 0.1) is 12.2 Å². The molecule has 0 heterocycles. The lowest BCUT2D eigenvalue weighted by molar-refractivity contribution is -0.144. The van der Waals surface area contributed by atoms with Crippen LogP contribution in [0.5, 0.6) is 0 Å². The van der Waals surface area contributed by atoms with Crippen molar-refractivity contribution in [2.75, 3.05) is 27.4 Å². The van der Waals surface area contributed by atoms with E-state index in [1.807, 2.05) is 0 Å². The second kappa shape index (κ2) is 11.0. The van der Waals surface area contributed by atoms with E-state index in [1.165, 1.54) is 0 Å². The van der Waals surface area contributed by atoms with Gasteiger partial charge in [0.2, 0.25) is 0 Å². The van der Waals surface area contributed by atoms with Crippen LogP contribution in [0.3, 0.4) is 0 Å². The van der Waals surface area contributed by atoms with E-state index in [2.05, 4.69) is 13.2 Å². The Bertz CT molecular complexity index is 363. The lowest BCUT2D eigenvalue weighted by atomic mass is 10.1. The van der Waals surface area contributed by atoms with Gasteiger partial charge in [-0.3, -0.25) is 0 Å². The van der Waals surface area contributed by atoms with Crippen LogP contribution in [0.1, 0.15) is 26.7 Å². The quantitative estimate of drug-likeness (QED) is 0.429. The van der Waals surface area contributed by atoms with E-state index in [4.69, 9.17) is 18.9 Å². The van der Waals surface area contributed by atoms with Crippen LogP contribution >= 0.6 is 0 Å². The van der Waals surface area contributed by atoms with Gasteiger partial charge < -0.3 is 18.9 Å². The molecule has 0 spiro atoms. The Morgan fingerprint density at radius 1 is 0.818 bits per heavy atom. The topological polar surface area (TPSA) is 71.1 Å². The van der Waals surface area contributed by atoms with E-state index in [0.717, 1.165) is 0 Å². The summed E-state index contributed by atoms with van der Waals surface area (Å²) in [4.78, 5) is 22.7. The number of methoxy groups -OCH3 is 2. The van der Waals surface area contributed by atoms with Crippen molar-refractivity contribution in [1.82, 2.24) is 0 Å². The first kappa shape index (κ1) is 20.3. The number of carbonyl (C=O) groups excluding carboxylic acids is 2. The van der Waals surface area contributed by atoms with Crippen LogP contribution in [0.15, 0.2) is 24.3 Å². The summed E-state index contributed by atoms with van der Waals surface area (Å²) < 4.78 is 20.6. The molecule has 0 saturated heterocycles. The normalized spacial score (nSPS) is 13.1. The van der Waals surface area contributed by atoms with Crippen LogP contribution in [0.4, 0.5) is 0 Å². The summed E-state index contributed by atoms with van der Waals surface area (Å²) in [6, 6.07) is 0. The van der Waals surface area contributed by atoms with Gasteiger partial charge in [0.15, 0.2) is 0 Å². The molecule has 0 N–H and O–H groups in total. The fraction of sp³-hybridized carbons (Fsp3) is 0.625. The molecule has 2 atom stereocenters. The van der Waals surface area contributed by atoms with Crippen molar-refractivity contribution in [3.63, 3.8) is 0 Å². The number of ether oxygens (including phenoxy) is 4. The van der Waals surface area contributed by atoms with E-state index in [9.17, 15) is 9.59 Å². The van der Waals surface area contributed by atoms with Gasteiger partial charge in [0, 0.05) is 25.4 Å². The van der Waals surface area contributed by atoms with E-state index >= 15 is 0 Å². The molecular weight excluding hydrogens is 288 g/mol. The molecule has 0 fully saturated rings. The van der Waals surface area contributed by atoms with Crippen molar-refractivity contribution in [2.45, 2.75) is 38.9 Å². The third-order valence-corrected chi connectivity index (χ3v) is 2.97. The summed E-state index contributed by atoms with van der Waals surface area (Å²) in [6.07, 6.45) is 0.697. The van der Waals surface area contributed by atoms with Crippen LogP contribution < -0.4 is 0 Å². The molecule has 0 rings (SSSR count). The molecule has 0 radical (unpaired) electrons. The molecule has 0 aromatic carbocycles. The number of carbonyl (C=O) groups is 2. The summed E-state index contributed by atoms with van der Waals surface area (Å²) >= 11 is 0. The monoisotopic (exact) mass is 314 g/mol. The van der Waals surface area contributed by atoms with Gasteiger partial charge in [-0.2, -0.15) is 0 Å². The second-order valence-electron chi connectivity index (χ2n) is 5.05. The van der Waals surface area contributed by atoms with Crippen molar-refractivity contribution >= 4 is 11.9 Å². The summed E-state index contributed by atoms with van der Waals surface area (Å²) in [5.41, 5.74) is 0.688. The molecule has 2 unspecified atom stereocenters. The Morgan fingerprint density at radius 2 is 1.14 bits per heavy atom. The average Bonchev–Trinajstić information content (AvgIpc) is 2.49. The Hall–Kier alpha value is -1.66. The largest absolute Gasteiger partial charge is 0.460 e. The molecule has 0 aromatic heterocycles. The highest BCUT2D eigenvalue weighted by Gasteiger charge is 2.17. The highest BCUT2D eigenvalue weighted by atomic mass is 16.6. The lowest BCUT2D eigenvalue weighted by Crippen LogP contribution is -2.26. The molecule has 126 valence electrons. The van der Waals surface area contributed by atoms with Gasteiger partial charge in [-0.25, -0.2) is 9.59 Å². The van der Waals surface area contributed by atoms with Crippen molar-refractivity contribution in [1.29, 1.82) is 0 Å². The number of hydrogen-bond donors (Lipinski definition) is 0. The minimum Gasteiger partial charge on any atom is -0.460 e. The maximum absolute atomic E-state index is 11.3. The molecule has 22 heavy (non-hydrogen) atoms. The van der Waals surface area contributed by atoms with Gasteiger partial charge in [-0.15, -0.1) is 0 Å². The Balaban J connectivity index is 4.16. The predicted molar refractivity (Wildman–Crippen MR) is 82.4 cm³/mol. The smallest absolute Gasteiger partial charge is 0.333 e. The van der Waals surface area contributed by atoms with E-state index < -0.39 is 11.9 Å². The van der Waals surface area contributed by atoms with Crippen molar-refractivity contribution < 1.29 is 28.5 Å². The van der Waals surface area contributed by atoms with Crippen molar-refractivity contribution in [3.8, 4) is 0 Å². The average molecular weight is 314 g/mol. The zero-order valence-corrected chi connectivity index (χ0v) is 13.8. The first-order chi connectivity index (χ1) is 10.3. The van der Waals surface area contributed by atoms with Crippen LogP contribution in [-0.4, -0.2) is 51.6 Å². The molecular formula is C16H26O6. The maximum atomic E-state index is 11.3. The van der Waals surface area contributed by atoms with Crippen molar-refractivity contribution in [2.24, 2.45) is 0 Å². The number of hydrogen-bond acceptors (Lipinski definition) is 6. The van der Waals surface area contributed by atoms with Gasteiger partial charge in [-0.1, -0.05) is 13.2 Å². The Morgan fingerprint density at radius 3 is 1.36 bits per heavy atom. The SMILES string of the molecule is C=C(C)C(=O)OCC(CCC(COC(=O)C(=C)C)OC)OC. The Kier molecular flexibility index (Phi) is 10.2. The summed E-state index contributed by atoms with van der Waals surface area (Å²) in [5, 5.41) is 0. The molecule has 0 aliphatic heterocycles. The fourth-order valence-corrected chi connectivity index (χ4v) is 1.49. The highest BCUT2D eigenvalue weighted by molar-refractivity contribution is 5.87.